The number of amides is 2. The van der Waals surface area contributed by atoms with Crippen LogP contribution in [0.3, 0.4) is 0 Å². The van der Waals surface area contributed by atoms with Crippen LogP contribution in [0.15, 0.2) is 78.9 Å². The Kier molecular flexibility index (Phi) is 9.47. The molecule has 5 nitrogen and oxygen atoms in total. The van der Waals surface area contributed by atoms with Gasteiger partial charge in [-0.05, 0) is 56.0 Å². The van der Waals surface area contributed by atoms with Crippen LogP contribution in [0.2, 0.25) is 0 Å². The van der Waals surface area contributed by atoms with Crippen molar-refractivity contribution in [3.63, 3.8) is 0 Å². The van der Waals surface area contributed by atoms with Crippen molar-refractivity contribution in [3.05, 3.63) is 101 Å². The largest absolute Gasteiger partial charge is 0.484 e. The highest BCUT2D eigenvalue weighted by molar-refractivity contribution is 5.88. The van der Waals surface area contributed by atoms with Crippen LogP contribution in [0.25, 0.3) is 0 Å². The molecule has 0 unspecified atom stereocenters. The molecule has 3 aromatic rings. The first-order chi connectivity index (χ1) is 16.9. The van der Waals surface area contributed by atoms with Gasteiger partial charge in [0.1, 0.15) is 11.8 Å². The van der Waals surface area contributed by atoms with E-state index in [-0.39, 0.29) is 24.5 Å². The van der Waals surface area contributed by atoms with E-state index in [0.29, 0.717) is 18.7 Å². The quantitative estimate of drug-likeness (QED) is 0.415. The number of nitrogens with zero attached hydrogens (tertiary/aromatic N) is 1. The molecule has 0 heterocycles. The summed E-state index contributed by atoms with van der Waals surface area (Å²) in [4.78, 5) is 28.7. The fraction of sp³-hybridized carbons (Fsp3) is 0.333. The maximum Gasteiger partial charge on any atom is 0.261 e. The van der Waals surface area contributed by atoms with E-state index in [0.717, 1.165) is 28.7 Å². The summed E-state index contributed by atoms with van der Waals surface area (Å²) in [6.07, 6.45) is 1.23. The molecule has 1 N–H and O–H groups in total. The average Bonchev–Trinajstić information content (AvgIpc) is 2.86. The Morgan fingerprint density at radius 2 is 1.60 bits per heavy atom. The molecule has 2 amide bonds. The summed E-state index contributed by atoms with van der Waals surface area (Å²) in [5.74, 6) is 0.254. The topological polar surface area (TPSA) is 58.6 Å². The molecule has 0 radical (unpaired) electrons. The molecule has 0 aromatic heterocycles. The lowest BCUT2D eigenvalue weighted by molar-refractivity contribution is -0.143. The Hall–Kier alpha value is -3.60. The first-order valence-electron chi connectivity index (χ1n) is 12.2. The Bertz CT molecular complexity index is 1100. The van der Waals surface area contributed by atoms with Gasteiger partial charge in [-0.25, -0.2) is 0 Å². The zero-order chi connectivity index (χ0) is 25.2. The molecule has 0 aliphatic rings. The second kappa shape index (κ2) is 12.7. The van der Waals surface area contributed by atoms with Crippen LogP contribution >= 0.6 is 0 Å². The summed E-state index contributed by atoms with van der Waals surface area (Å²) < 4.78 is 5.85. The van der Waals surface area contributed by atoms with E-state index < -0.39 is 6.04 Å². The number of hydrogen-bond acceptors (Lipinski definition) is 3. The lowest BCUT2D eigenvalue weighted by atomic mass is 10.0. The van der Waals surface area contributed by atoms with Gasteiger partial charge in [-0.3, -0.25) is 9.59 Å². The van der Waals surface area contributed by atoms with E-state index in [4.69, 9.17) is 4.74 Å². The molecule has 2 atom stereocenters. The fourth-order valence-electron chi connectivity index (χ4n) is 3.82. The van der Waals surface area contributed by atoms with Crippen molar-refractivity contribution in [2.24, 2.45) is 0 Å². The predicted octanol–water partition coefficient (Wildman–Crippen LogP) is 5.24. The molecule has 0 fully saturated rings. The van der Waals surface area contributed by atoms with Gasteiger partial charge in [-0.2, -0.15) is 0 Å². The molecule has 0 aliphatic heterocycles. The summed E-state index contributed by atoms with van der Waals surface area (Å²) in [7, 11) is 0. The zero-order valence-corrected chi connectivity index (χ0v) is 21.2. The number of carbonyl (C=O) groups excluding carboxylic acids is 2. The molecule has 0 aliphatic carbocycles. The van der Waals surface area contributed by atoms with E-state index in [9.17, 15) is 9.59 Å². The number of hydrogen-bond donors (Lipinski definition) is 1. The minimum absolute atomic E-state index is 0.0145. The molecule has 184 valence electrons. The smallest absolute Gasteiger partial charge is 0.261 e. The molecule has 5 heteroatoms. The molecule has 0 spiro atoms. The lowest BCUT2D eigenvalue weighted by Crippen LogP contribution is -2.53. The van der Waals surface area contributed by atoms with Crippen LogP contribution in [0.1, 0.15) is 42.5 Å². The normalized spacial score (nSPS) is 12.5. The fourth-order valence-corrected chi connectivity index (χ4v) is 3.82. The van der Waals surface area contributed by atoms with Crippen LogP contribution in [-0.4, -0.2) is 35.4 Å². The SMILES string of the molecule is CC[C@H](C)NC(=O)[C@@H](Cc1ccccc1)N(Cc1ccc(C)cc1)C(=O)COc1cccc(C)c1. The molecule has 3 aromatic carbocycles. The minimum Gasteiger partial charge on any atom is -0.484 e. The first-order valence-corrected chi connectivity index (χ1v) is 12.2. The van der Waals surface area contributed by atoms with Crippen LogP contribution in [-0.2, 0) is 22.6 Å². The van der Waals surface area contributed by atoms with Crippen LogP contribution in [0.4, 0.5) is 0 Å². The van der Waals surface area contributed by atoms with Crippen molar-refractivity contribution in [3.8, 4) is 5.75 Å². The maximum atomic E-state index is 13.6. The number of carbonyl (C=O) groups is 2. The standard InChI is InChI=1S/C30H36N2O3/c1-5-24(4)31-30(34)28(19-25-11-7-6-8-12-25)32(20-26-16-14-22(2)15-17-26)29(33)21-35-27-13-9-10-23(3)18-27/h6-18,24,28H,5,19-21H2,1-4H3,(H,31,34)/t24-,28+/m0/s1. The van der Waals surface area contributed by atoms with Crippen LogP contribution in [0, 0.1) is 13.8 Å². The van der Waals surface area contributed by atoms with Crippen molar-refractivity contribution in [1.82, 2.24) is 10.2 Å². The number of nitrogens with one attached hydrogen (secondary N) is 1. The van der Waals surface area contributed by atoms with Crippen molar-refractivity contribution >= 4 is 11.8 Å². The van der Waals surface area contributed by atoms with E-state index in [1.54, 1.807) is 4.90 Å². The highest BCUT2D eigenvalue weighted by Gasteiger charge is 2.31. The number of rotatable bonds is 11. The van der Waals surface area contributed by atoms with Crippen molar-refractivity contribution in [2.45, 2.75) is 59.2 Å². The Labute approximate surface area is 209 Å². The monoisotopic (exact) mass is 472 g/mol. The third-order valence-electron chi connectivity index (χ3n) is 6.10. The summed E-state index contributed by atoms with van der Waals surface area (Å²) in [6, 6.07) is 24.8. The third kappa shape index (κ3) is 7.99. The molecule has 0 saturated heterocycles. The summed E-state index contributed by atoms with van der Waals surface area (Å²) in [5, 5.41) is 3.09. The van der Waals surface area contributed by atoms with Crippen molar-refractivity contribution < 1.29 is 14.3 Å². The summed E-state index contributed by atoms with van der Waals surface area (Å²) >= 11 is 0. The van der Waals surface area contributed by atoms with Gasteiger partial charge in [-0.1, -0.05) is 79.2 Å². The van der Waals surface area contributed by atoms with Crippen molar-refractivity contribution in [2.75, 3.05) is 6.61 Å². The zero-order valence-electron chi connectivity index (χ0n) is 21.2. The second-order valence-corrected chi connectivity index (χ2v) is 9.14. The van der Waals surface area contributed by atoms with Gasteiger partial charge >= 0.3 is 0 Å². The van der Waals surface area contributed by atoms with E-state index >= 15 is 0 Å². The minimum atomic E-state index is -0.665. The summed E-state index contributed by atoms with van der Waals surface area (Å²) in [6.45, 7) is 8.19. The maximum absolute atomic E-state index is 13.6. The van der Waals surface area contributed by atoms with Gasteiger partial charge in [0.25, 0.3) is 5.91 Å². The van der Waals surface area contributed by atoms with Crippen LogP contribution < -0.4 is 10.1 Å². The average molecular weight is 473 g/mol. The van der Waals surface area contributed by atoms with Crippen LogP contribution in [0.5, 0.6) is 5.75 Å². The van der Waals surface area contributed by atoms with Gasteiger partial charge < -0.3 is 15.0 Å². The predicted molar refractivity (Wildman–Crippen MR) is 140 cm³/mol. The Morgan fingerprint density at radius 3 is 2.26 bits per heavy atom. The summed E-state index contributed by atoms with van der Waals surface area (Å²) in [5.41, 5.74) is 4.16. The number of benzene rings is 3. The van der Waals surface area contributed by atoms with Gasteiger partial charge in [-0.15, -0.1) is 0 Å². The second-order valence-electron chi connectivity index (χ2n) is 9.14. The molecular formula is C30H36N2O3. The first kappa shape index (κ1) is 26.0. The Balaban J connectivity index is 1.90. The van der Waals surface area contributed by atoms with E-state index in [1.165, 1.54) is 0 Å². The molecule has 3 rings (SSSR count). The van der Waals surface area contributed by atoms with E-state index in [2.05, 4.69) is 5.32 Å². The third-order valence-corrected chi connectivity index (χ3v) is 6.10. The van der Waals surface area contributed by atoms with E-state index in [1.807, 2.05) is 107 Å². The van der Waals surface area contributed by atoms with Gasteiger partial charge in [0.05, 0.1) is 0 Å². The molecule has 0 saturated carbocycles. The lowest BCUT2D eigenvalue weighted by Gasteiger charge is -2.32. The van der Waals surface area contributed by atoms with Gasteiger partial charge in [0.15, 0.2) is 6.61 Å². The van der Waals surface area contributed by atoms with Gasteiger partial charge in [0, 0.05) is 19.0 Å². The number of ether oxygens (including phenoxy) is 1. The Morgan fingerprint density at radius 1 is 0.886 bits per heavy atom. The highest BCUT2D eigenvalue weighted by atomic mass is 16.5. The molecule has 0 bridgehead atoms. The highest BCUT2D eigenvalue weighted by Crippen LogP contribution is 2.17. The van der Waals surface area contributed by atoms with Crippen molar-refractivity contribution in [1.29, 1.82) is 0 Å². The van der Waals surface area contributed by atoms with Gasteiger partial charge in [0.2, 0.25) is 5.91 Å². The number of aryl methyl sites for hydroxylation is 2. The molecular weight excluding hydrogens is 436 g/mol. The molecule has 35 heavy (non-hydrogen) atoms.